The van der Waals surface area contributed by atoms with E-state index in [4.69, 9.17) is 21.0 Å². The summed E-state index contributed by atoms with van der Waals surface area (Å²) in [7, 11) is 0. The molecule has 44 heavy (non-hydrogen) atoms. The number of nitrogens with zero attached hydrogens (tertiary/aromatic N) is 8. The van der Waals surface area contributed by atoms with Gasteiger partial charge < -0.3 is 11.1 Å². The summed E-state index contributed by atoms with van der Waals surface area (Å²) in [5.41, 5.74) is 12.7. The van der Waals surface area contributed by atoms with Crippen LogP contribution in [0.25, 0.3) is 39.5 Å². The Kier molecular flexibility index (Phi) is 7.36. The Hall–Kier alpha value is -5.66. The van der Waals surface area contributed by atoms with Crippen LogP contribution in [0.1, 0.15) is 24.2 Å². The summed E-state index contributed by atoms with van der Waals surface area (Å²) < 4.78 is 2.07. The lowest BCUT2D eigenvalue weighted by atomic mass is 10.0. The van der Waals surface area contributed by atoms with Crippen LogP contribution in [0.5, 0.6) is 0 Å². The van der Waals surface area contributed by atoms with Crippen molar-refractivity contribution in [3.63, 3.8) is 0 Å². The van der Waals surface area contributed by atoms with Gasteiger partial charge in [-0.3, -0.25) is 9.47 Å². The minimum Gasteiger partial charge on any atom is -0.383 e. The third kappa shape index (κ3) is 5.56. The van der Waals surface area contributed by atoms with Gasteiger partial charge in [-0.15, -0.1) is 0 Å². The molecule has 0 radical (unpaired) electrons. The Balaban J connectivity index is 1.13. The fraction of sp³-hybridized carbons (Fsp3) is 0.176. The zero-order chi connectivity index (χ0) is 29.9. The molecule has 0 saturated carbocycles. The standard InChI is InChI=1S/C34H30N10/c35-21-31-37-18-14-30(42-31)39-25-15-19-43(20-16-25)22-23-8-10-26(11-9-23)44-33(27-7-4-17-38-32(27)36)41-29-13-12-28(40-34(29)44)24-5-2-1-3-6-24/h1-14,17-18,25H,15-16,19-20,22H2,(H2,36,38)(H,37,39,42). The van der Waals surface area contributed by atoms with Gasteiger partial charge >= 0.3 is 0 Å². The summed E-state index contributed by atoms with van der Waals surface area (Å²) in [6, 6.07) is 30.7. The van der Waals surface area contributed by atoms with Gasteiger partial charge in [0.15, 0.2) is 11.5 Å². The maximum Gasteiger partial charge on any atom is 0.234 e. The van der Waals surface area contributed by atoms with Gasteiger partial charge in [0.05, 0.1) is 11.3 Å². The van der Waals surface area contributed by atoms with Crippen LogP contribution in [0.15, 0.2) is 97.3 Å². The van der Waals surface area contributed by atoms with Crippen LogP contribution in [0.2, 0.25) is 0 Å². The van der Waals surface area contributed by atoms with Crippen molar-refractivity contribution in [1.82, 2.24) is 34.4 Å². The third-order valence-electron chi connectivity index (χ3n) is 7.95. The molecular weight excluding hydrogens is 548 g/mol. The van der Waals surface area contributed by atoms with Gasteiger partial charge in [0.25, 0.3) is 0 Å². The Morgan fingerprint density at radius 1 is 0.841 bits per heavy atom. The summed E-state index contributed by atoms with van der Waals surface area (Å²) >= 11 is 0. The number of aromatic nitrogens is 6. The van der Waals surface area contributed by atoms with Crippen LogP contribution >= 0.6 is 0 Å². The molecular formula is C34H30N10. The normalized spacial score (nSPS) is 14.0. The van der Waals surface area contributed by atoms with E-state index in [-0.39, 0.29) is 5.82 Å². The van der Waals surface area contributed by atoms with Gasteiger partial charge in [0, 0.05) is 49.3 Å². The molecule has 0 unspecified atom stereocenters. The third-order valence-corrected chi connectivity index (χ3v) is 7.95. The number of hydrogen-bond donors (Lipinski definition) is 2. The largest absolute Gasteiger partial charge is 0.383 e. The second kappa shape index (κ2) is 11.9. The topological polar surface area (TPSA) is 134 Å². The maximum absolute atomic E-state index is 9.07. The minimum atomic E-state index is 0.183. The molecule has 0 atom stereocenters. The first-order valence-electron chi connectivity index (χ1n) is 14.6. The number of nitrogens with two attached hydrogens (primary N) is 1. The molecule has 1 aliphatic rings. The number of nitriles is 1. The highest BCUT2D eigenvalue weighted by molar-refractivity contribution is 5.84. The first-order valence-corrected chi connectivity index (χ1v) is 14.6. The number of nitrogen functional groups attached to an aromatic ring is 1. The van der Waals surface area contributed by atoms with E-state index in [1.165, 1.54) is 5.56 Å². The highest BCUT2D eigenvalue weighted by Crippen LogP contribution is 2.32. The molecule has 1 fully saturated rings. The average molecular weight is 579 g/mol. The first kappa shape index (κ1) is 27.2. The van der Waals surface area contributed by atoms with Gasteiger partial charge in [0.1, 0.15) is 23.2 Å². The zero-order valence-electron chi connectivity index (χ0n) is 24.0. The summed E-state index contributed by atoms with van der Waals surface area (Å²) in [4.78, 5) is 25.0. The number of hydrogen-bond acceptors (Lipinski definition) is 9. The highest BCUT2D eigenvalue weighted by Gasteiger charge is 2.21. The predicted molar refractivity (Wildman–Crippen MR) is 171 cm³/mol. The number of nitrogens with one attached hydrogen (secondary N) is 1. The molecule has 0 aliphatic carbocycles. The van der Waals surface area contributed by atoms with Crippen molar-refractivity contribution in [1.29, 1.82) is 5.26 Å². The molecule has 216 valence electrons. The van der Waals surface area contributed by atoms with Crippen LogP contribution in [-0.2, 0) is 6.54 Å². The number of pyridine rings is 2. The van der Waals surface area contributed by atoms with Crippen LogP contribution in [0.4, 0.5) is 11.6 Å². The van der Waals surface area contributed by atoms with Crippen molar-refractivity contribution in [2.45, 2.75) is 25.4 Å². The first-order chi connectivity index (χ1) is 21.6. The van der Waals surface area contributed by atoms with Crippen molar-refractivity contribution in [2.24, 2.45) is 0 Å². The fourth-order valence-electron chi connectivity index (χ4n) is 5.70. The summed E-state index contributed by atoms with van der Waals surface area (Å²) in [6.45, 7) is 2.80. The van der Waals surface area contributed by atoms with E-state index in [0.717, 1.165) is 66.1 Å². The average Bonchev–Trinajstić information content (AvgIpc) is 3.45. The number of piperidine rings is 1. The molecule has 5 heterocycles. The zero-order valence-corrected chi connectivity index (χ0v) is 24.0. The van der Waals surface area contributed by atoms with Crippen molar-refractivity contribution < 1.29 is 0 Å². The molecule has 10 nitrogen and oxygen atoms in total. The number of fused-ring (bicyclic) bond motifs is 1. The number of anilines is 2. The molecule has 1 aliphatic heterocycles. The molecule has 4 aromatic heterocycles. The van der Waals surface area contributed by atoms with Crippen molar-refractivity contribution in [3.8, 4) is 34.4 Å². The van der Waals surface area contributed by atoms with E-state index in [0.29, 0.717) is 23.5 Å². The Bertz CT molecular complexity index is 1950. The summed E-state index contributed by atoms with van der Waals surface area (Å²) in [5, 5.41) is 12.5. The fourth-order valence-corrected chi connectivity index (χ4v) is 5.70. The lowest BCUT2D eigenvalue weighted by Crippen LogP contribution is -2.38. The molecule has 1 saturated heterocycles. The molecule has 0 spiro atoms. The Morgan fingerprint density at radius 2 is 1.66 bits per heavy atom. The van der Waals surface area contributed by atoms with Gasteiger partial charge in [-0.2, -0.15) is 5.26 Å². The van der Waals surface area contributed by atoms with E-state index >= 15 is 0 Å². The van der Waals surface area contributed by atoms with Crippen molar-refractivity contribution in [3.05, 3.63) is 109 Å². The van der Waals surface area contributed by atoms with Crippen LogP contribution in [-0.4, -0.2) is 53.5 Å². The van der Waals surface area contributed by atoms with E-state index in [9.17, 15) is 0 Å². The predicted octanol–water partition coefficient (Wildman–Crippen LogP) is 5.47. The minimum absolute atomic E-state index is 0.183. The maximum atomic E-state index is 9.07. The Labute approximate surface area is 254 Å². The van der Waals surface area contributed by atoms with E-state index < -0.39 is 0 Å². The molecule has 0 amide bonds. The highest BCUT2D eigenvalue weighted by atomic mass is 15.2. The summed E-state index contributed by atoms with van der Waals surface area (Å²) in [6.07, 6.45) is 5.30. The molecule has 2 aromatic carbocycles. The van der Waals surface area contributed by atoms with Gasteiger partial charge in [-0.05, 0) is 60.9 Å². The SMILES string of the molecule is N#Cc1nccc(NC2CCN(Cc3ccc(-n4c(-c5cccnc5N)nc5ccc(-c6ccccc6)nc54)cc3)CC2)n1. The number of benzene rings is 2. The quantitative estimate of drug-likeness (QED) is 0.253. The lowest BCUT2D eigenvalue weighted by molar-refractivity contribution is 0.211. The number of likely N-dealkylation sites (tertiary alicyclic amines) is 1. The van der Waals surface area contributed by atoms with Gasteiger partial charge in [-0.1, -0.05) is 42.5 Å². The van der Waals surface area contributed by atoms with Crippen LogP contribution < -0.4 is 11.1 Å². The van der Waals surface area contributed by atoms with Crippen molar-refractivity contribution >= 4 is 22.8 Å². The van der Waals surface area contributed by atoms with E-state index in [1.54, 1.807) is 12.4 Å². The smallest absolute Gasteiger partial charge is 0.234 e. The molecule has 7 rings (SSSR count). The van der Waals surface area contributed by atoms with Crippen LogP contribution in [0.3, 0.4) is 0 Å². The Morgan fingerprint density at radius 3 is 2.43 bits per heavy atom. The lowest BCUT2D eigenvalue weighted by Gasteiger charge is -2.32. The molecule has 6 aromatic rings. The number of rotatable bonds is 7. The van der Waals surface area contributed by atoms with E-state index in [1.807, 2.05) is 54.6 Å². The second-order valence-corrected chi connectivity index (χ2v) is 10.9. The van der Waals surface area contributed by atoms with Gasteiger partial charge in [0.2, 0.25) is 5.82 Å². The summed E-state index contributed by atoms with van der Waals surface area (Å²) in [5.74, 6) is 2.02. The van der Waals surface area contributed by atoms with Crippen LogP contribution in [0, 0.1) is 11.3 Å². The van der Waals surface area contributed by atoms with E-state index in [2.05, 4.69) is 66.1 Å². The van der Waals surface area contributed by atoms with Crippen molar-refractivity contribution in [2.75, 3.05) is 24.1 Å². The molecule has 3 N–H and O–H groups in total. The molecule has 10 heteroatoms. The second-order valence-electron chi connectivity index (χ2n) is 10.9. The molecule has 0 bridgehead atoms. The van der Waals surface area contributed by atoms with Gasteiger partial charge in [-0.25, -0.2) is 24.9 Å². The monoisotopic (exact) mass is 578 g/mol. The number of imidazole rings is 1.